The van der Waals surface area contributed by atoms with Gasteiger partial charge in [0.05, 0.1) is 26.7 Å². The van der Waals surface area contributed by atoms with Crippen molar-refractivity contribution < 1.29 is 8.42 Å². The highest BCUT2D eigenvalue weighted by Gasteiger charge is 2.28. The Hall–Kier alpha value is -1.44. The quantitative estimate of drug-likeness (QED) is 0.741. The third-order valence-electron chi connectivity index (χ3n) is 3.64. The summed E-state index contributed by atoms with van der Waals surface area (Å²) in [6.45, 7) is 0. The monoisotopic (exact) mass is 336 g/mol. The van der Waals surface area contributed by atoms with Crippen LogP contribution in [0.4, 0.5) is 5.00 Å². The molecule has 0 saturated carbocycles. The Morgan fingerprint density at radius 2 is 2.00 bits per heavy atom. The second-order valence-corrected chi connectivity index (χ2v) is 9.42. The third-order valence-corrected chi connectivity index (χ3v) is 7.49. The Balaban J connectivity index is 1.91. The van der Waals surface area contributed by atoms with E-state index in [9.17, 15) is 8.42 Å². The SMILES string of the molecule is Nc1sc2c(c1-c1nc3ccccc3s1)CCS(=O)(=O)C2. The smallest absolute Gasteiger partial charge is 0.155 e. The van der Waals surface area contributed by atoms with Crippen LogP contribution in [-0.2, 0) is 22.0 Å². The highest BCUT2D eigenvalue weighted by Crippen LogP contribution is 2.44. The molecule has 4 rings (SSSR count). The summed E-state index contributed by atoms with van der Waals surface area (Å²) in [5.41, 5.74) is 9.14. The van der Waals surface area contributed by atoms with Crippen molar-refractivity contribution in [2.75, 3.05) is 11.5 Å². The molecule has 0 aliphatic carbocycles. The van der Waals surface area contributed by atoms with Gasteiger partial charge in [0.1, 0.15) is 5.01 Å². The van der Waals surface area contributed by atoms with Crippen molar-refractivity contribution in [3.8, 4) is 10.6 Å². The summed E-state index contributed by atoms with van der Waals surface area (Å²) in [5, 5.41) is 1.57. The van der Waals surface area contributed by atoms with Crippen LogP contribution in [0.3, 0.4) is 0 Å². The van der Waals surface area contributed by atoms with Crippen molar-refractivity contribution in [3.63, 3.8) is 0 Å². The van der Waals surface area contributed by atoms with Gasteiger partial charge in [0.15, 0.2) is 9.84 Å². The van der Waals surface area contributed by atoms with Crippen LogP contribution in [0.5, 0.6) is 0 Å². The summed E-state index contributed by atoms with van der Waals surface area (Å²) < 4.78 is 24.6. The predicted molar refractivity (Wildman–Crippen MR) is 88.5 cm³/mol. The van der Waals surface area contributed by atoms with Gasteiger partial charge in [-0.3, -0.25) is 0 Å². The molecule has 21 heavy (non-hydrogen) atoms. The predicted octanol–water partition coefficient (Wildman–Crippen LogP) is 3.08. The Kier molecular flexibility index (Phi) is 2.85. The second kappa shape index (κ2) is 4.53. The first-order valence-electron chi connectivity index (χ1n) is 6.50. The van der Waals surface area contributed by atoms with Crippen LogP contribution < -0.4 is 5.73 Å². The van der Waals surface area contributed by atoms with Crippen molar-refractivity contribution >= 4 is 47.7 Å². The summed E-state index contributed by atoms with van der Waals surface area (Å²) in [5.74, 6) is 0.316. The number of para-hydroxylation sites is 1. The lowest BCUT2D eigenvalue weighted by Gasteiger charge is -2.12. The molecule has 108 valence electrons. The van der Waals surface area contributed by atoms with E-state index in [0.29, 0.717) is 11.4 Å². The van der Waals surface area contributed by atoms with Crippen LogP contribution in [0.15, 0.2) is 24.3 Å². The molecule has 2 aromatic heterocycles. The zero-order valence-electron chi connectivity index (χ0n) is 11.0. The zero-order chi connectivity index (χ0) is 14.6. The van der Waals surface area contributed by atoms with E-state index in [4.69, 9.17) is 5.73 Å². The van der Waals surface area contributed by atoms with E-state index in [0.717, 1.165) is 31.2 Å². The van der Waals surface area contributed by atoms with Gasteiger partial charge in [-0.15, -0.1) is 22.7 Å². The van der Waals surface area contributed by atoms with Crippen LogP contribution >= 0.6 is 22.7 Å². The number of rotatable bonds is 1. The van der Waals surface area contributed by atoms with E-state index in [1.54, 1.807) is 11.3 Å². The first-order valence-corrected chi connectivity index (χ1v) is 9.95. The summed E-state index contributed by atoms with van der Waals surface area (Å²) in [6.07, 6.45) is 0.538. The molecule has 3 aromatic rings. The lowest BCUT2D eigenvalue weighted by molar-refractivity contribution is 0.592. The summed E-state index contributed by atoms with van der Waals surface area (Å²) in [6, 6.07) is 7.97. The lowest BCUT2D eigenvalue weighted by Crippen LogP contribution is -2.17. The van der Waals surface area contributed by atoms with Gasteiger partial charge in [0.2, 0.25) is 0 Å². The van der Waals surface area contributed by atoms with Crippen molar-refractivity contribution in [1.29, 1.82) is 0 Å². The van der Waals surface area contributed by atoms with Gasteiger partial charge in [-0.25, -0.2) is 13.4 Å². The maximum Gasteiger partial charge on any atom is 0.155 e. The van der Waals surface area contributed by atoms with E-state index >= 15 is 0 Å². The van der Waals surface area contributed by atoms with Gasteiger partial charge < -0.3 is 5.73 Å². The van der Waals surface area contributed by atoms with Gasteiger partial charge in [0, 0.05) is 10.4 Å². The van der Waals surface area contributed by atoms with E-state index in [2.05, 4.69) is 4.98 Å². The zero-order valence-corrected chi connectivity index (χ0v) is 13.4. The minimum absolute atomic E-state index is 0.113. The molecule has 1 aromatic carbocycles. The number of nitrogen functional groups attached to an aromatic ring is 1. The van der Waals surface area contributed by atoms with Crippen LogP contribution in [0.25, 0.3) is 20.8 Å². The van der Waals surface area contributed by atoms with Crippen LogP contribution in [0, 0.1) is 0 Å². The summed E-state index contributed by atoms with van der Waals surface area (Å²) in [4.78, 5) is 5.54. The molecular formula is C14H12N2O2S3. The molecule has 1 aliphatic heterocycles. The highest BCUT2D eigenvalue weighted by molar-refractivity contribution is 7.90. The fourth-order valence-electron chi connectivity index (χ4n) is 2.66. The molecule has 0 fully saturated rings. The first kappa shape index (κ1) is 13.2. The molecule has 0 amide bonds. The number of hydrogen-bond acceptors (Lipinski definition) is 6. The lowest BCUT2D eigenvalue weighted by atomic mass is 10.1. The minimum atomic E-state index is -2.97. The number of thiophene rings is 1. The molecule has 0 saturated heterocycles. The maximum absolute atomic E-state index is 11.8. The number of nitrogens with two attached hydrogens (primary N) is 1. The van der Waals surface area contributed by atoms with Crippen LogP contribution in [0.2, 0.25) is 0 Å². The average Bonchev–Trinajstić information content (AvgIpc) is 2.96. The van der Waals surface area contributed by atoms with E-state index in [-0.39, 0.29) is 11.5 Å². The molecule has 0 unspecified atom stereocenters. The highest BCUT2D eigenvalue weighted by atomic mass is 32.2. The Morgan fingerprint density at radius 3 is 2.81 bits per heavy atom. The minimum Gasteiger partial charge on any atom is -0.390 e. The normalized spacial score (nSPS) is 17.0. The van der Waals surface area contributed by atoms with Crippen molar-refractivity contribution in [2.45, 2.75) is 12.2 Å². The molecule has 4 nitrogen and oxygen atoms in total. The number of aromatic nitrogens is 1. The van der Waals surface area contributed by atoms with Crippen molar-refractivity contribution in [3.05, 3.63) is 34.7 Å². The van der Waals surface area contributed by atoms with E-state index < -0.39 is 9.84 Å². The molecule has 0 bridgehead atoms. The van der Waals surface area contributed by atoms with Gasteiger partial charge in [-0.2, -0.15) is 0 Å². The maximum atomic E-state index is 11.8. The molecule has 3 heterocycles. The van der Waals surface area contributed by atoms with Crippen LogP contribution in [0.1, 0.15) is 10.4 Å². The Bertz CT molecular complexity index is 921. The number of sulfone groups is 1. The molecule has 7 heteroatoms. The third kappa shape index (κ3) is 2.16. The van der Waals surface area contributed by atoms with Crippen LogP contribution in [-0.4, -0.2) is 19.2 Å². The topological polar surface area (TPSA) is 73.0 Å². The second-order valence-electron chi connectivity index (χ2n) is 5.07. The summed E-state index contributed by atoms with van der Waals surface area (Å²) in [7, 11) is -2.97. The molecule has 1 aliphatic rings. The number of thiazole rings is 1. The fraction of sp³-hybridized carbons (Fsp3) is 0.214. The first-order chi connectivity index (χ1) is 10.0. The molecule has 0 radical (unpaired) electrons. The van der Waals surface area contributed by atoms with E-state index in [1.165, 1.54) is 11.3 Å². The molecule has 0 spiro atoms. The molecule has 0 atom stereocenters. The molecular weight excluding hydrogens is 324 g/mol. The Morgan fingerprint density at radius 1 is 1.19 bits per heavy atom. The number of anilines is 1. The number of hydrogen-bond donors (Lipinski definition) is 1. The standard InChI is InChI=1S/C14H12N2O2S3/c15-13-12(8-5-6-21(17,18)7-11(8)19-13)14-16-9-3-1-2-4-10(9)20-14/h1-4H,5-7,15H2. The number of benzene rings is 1. The average molecular weight is 336 g/mol. The Labute approximate surface area is 130 Å². The number of fused-ring (bicyclic) bond motifs is 2. The van der Waals surface area contributed by atoms with Gasteiger partial charge >= 0.3 is 0 Å². The molecule has 2 N–H and O–H groups in total. The van der Waals surface area contributed by atoms with Gasteiger partial charge in [-0.05, 0) is 24.1 Å². The largest absolute Gasteiger partial charge is 0.390 e. The van der Waals surface area contributed by atoms with Gasteiger partial charge in [0.25, 0.3) is 0 Å². The fourth-order valence-corrected chi connectivity index (χ4v) is 6.70. The van der Waals surface area contributed by atoms with Crippen molar-refractivity contribution in [2.24, 2.45) is 0 Å². The van der Waals surface area contributed by atoms with Gasteiger partial charge in [-0.1, -0.05) is 12.1 Å². The number of nitrogens with zero attached hydrogens (tertiary/aromatic N) is 1. The van der Waals surface area contributed by atoms with Crippen molar-refractivity contribution in [1.82, 2.24) is 4.98 Å². The van der Waals surface area contributed by atoms with E-state index in [1.807, 2.05) is 24.3 Å². The summed E-state index contributed by atoms with van der Waals surface area (Å²) >= 11 is 3.00.